The molecule has 42 heavy (non-hydrogen) atoms. The number of halogens is 1. The number of nitrogens with zero attached hydrogens (tertiary/aromatic N) is 4. The summed E-state index contributed by atoms with van der Waals surface area (Å²) in [5.74, 6) is -1.43. The van der Waals surface area contributed by atoms with E-state index in [1.54, 1.807) is 29.2 Å². The van der Waals surface area contributed by atoms with Crippen molar-refractivity contribution in [1.82, 2.24) is 9.88 Å². The van der Waals surface area contributed by atoms with E-state index in [4.69, 9.17) is 15.2 Å². The smallest absolute Gasteiger partial charge is 0.360 e. The Bertz CT molecular complexity index is 1580. The van der Waals surface area contributed by atoms with E-state index in [1.165, 1.54) is 18.7 Å². The number of aliphatic imine (C=N–C) groups is 1. The lowest BCUT2D eigenvalue weighted by Crippen LogP contribution is -2.39. The summed E-state index contributed by atoms with van der Waals surface area (Å²) in [6, 6.07) is 9.85. The lowest BCUT2D eigenvalue weighted by atomic mass is 10.2. The highest BCUT2D eigenvalue weighted by Gasteiger charge is 2.32. The number of carbonyl (C=O) groups excluding carboxylic acids is 2. The first-order chi connectivity index (χ1) is 20.0. The lowest BCUT2D eigenvalue weighted by Gasteiger charge is -2.24. The molecule has 1 aliphatic heterocycles. The van der Waals surface area contributed by atoms with Gasteiger partial charge in [-0.15, -0.1) is 11.3 Å². The van der Waals surface area contributed by atoms with Crippen LogP contribution in [0.1, 0.15) is 29.9 Å². The molecule has 4 rings (SSSR count). The number of esters is 1. The molecule has 0 radical (unpaired) electrons. The van der Waals surface area contributed by atoms with Gasteiger partial charge in [0.15, 0.2) is 11.7 Å². The highest BCUT2D eigenvalue weighted by Crippen LogP contribution is 2.34. The van der Waals surface area contributed by atoms with E-state index in [2.05, 4.69) is 15.3 Å². The first kappa shape index (κ1) is 30.7. The van der Waals surface area contributed by atoms with Crippen LogP contribution in [0.5, 0.6) is 5.75 Å². The van der Waals surface area contributed by atoms with Crippen LogP contribution < -0.4 is 20.1 Å². The molecule has 15 heteroatoms. The number of methoxy groups -OCH3 is 1. The second kappa shape index (κ2) is 13.2. The van der Waals surface area contributed by atoms with Crippen LogP contribution in [0.4, 0.5) is 15.1 Å². The number of nitrogens with two attached hydrogens (primary N) is 1. The first-order valence-corrected chi connectivity index (χ1v) is 15.2. The van der Waals surface area contributed by atoms with E-state index in [9.17, 15) is 18.0 Å². The highest BCUT2D eigenvalue weighted by molar-refractivity contribution is 7.93. The maximum absolute atomic E-state index is 15.2. The van der Waals surface area contributed by atoms with Gasteiger partial charge in [0.1, 0.15) is 23.1 Å². The minimum absolute atomic E-state index is 0.0160. The SMILES string of the molecule is COc1ccc(CN(c2scnc2C(=O)OCC(C)C)S(=O)(=O)c2ccc(NC(=O)CN3CCN=C3N)c(F)c2)cc1. The van der Waals surface area contributed by atoms with Crippen molar-refractivity contribution in [3.8, 4) is 5.75 Å². The zero-order valence-electron chi connectivity index (χ0n) is 23.2. The molecule has 12 nitrogen and oxygen atoms in total. The number of nitrogens with one attached hydrogen (secondary N) is 1. The summed E-state index contributed by atoms with van der Waals surface area (Å²) in [5.41, 5.74) is 7.27. The summed E-state index contributed by atoms with van der Waals surface area (Å²) >= 11 is 0.934. The van der Waals surface area contributed by atoms with Crippen molar-refractivity contribution in [2.45, 2.75) is 25.3 Å². The number of thiazole rings is 1. The first-order valence-electron chi connectivity index (χ1n) is 12.9. The van der Waals surface area contributed by atoms with E-state index in [1.807, 2.05) is 13.8 Å². The van der Waals surface area contributed by atoms with Crippen LogP contribution in [0, 0.1) is 11.7 Å². The molecule has 0 aliphatic carbocycles. The molecule has 0 atom stereocenters. The average molecular weight is 619 g/mol. The van der Waals surface area contributed by atoms with Gasteiger partial charge >= 0.3 is 5.97 Å². The molecular weight excluding hydrogens is 587 g/mol. The summed E-state index contributed by atoms with van der Waals surface area (Å²) in [7, 11) is -2.94. The van der Waals surface area contributed by atoms with E-state index in [-0.39, 0.29) is 48.0 Å². The molecule has 0 saturated heterocycles. The molecule has 1 aromatic heterocycles. The summed E-state index contributed by atoms with van der Waals surface area (Å²) in [6.45, 7) is 4.45. The zero-order chi connectivity index (χ0) is 30.4. The summed E-state index contributed by atoms with van der Waals surface area (Å²) in [6.07, 6.45) is 0. The van der Waals surface area contributed by atoms with Gasteiger partial charge in [-0.3, -0.25) is 14.1 Å². The lowest BCUT2D eigenvalue weighted by molar-refractivity contribution is -0.116. The number of ether oxygens (including phenoxy) is 2. The maximum atomic E-state index is 15.2. The van der Waals surface area contributed by atoms with Gasteiger partial charge in [-0.05, 0) is 41.8 Å². The third-order valence-electron chi connectivity index (χ3n) is 6.11. The maximum Gasteiger partial charge on any atom is 0.360 e. The molecule has 1 amide bonds. The minimum Gasteiger partial charge on any atom is -0.497 e. The number of amides is 1. The van der Waals surface area contributed by atoms with Gasteiger partial charge < -0.3 is 25.4 Å². The van der Waals surface area contributed by atoms with Crippen LogP contribution >= 0.6 is 11.3 Å². The standard InChI is InChI=1S/C27H31FN6O6S2/c1-17(2)15-40-26(36)24-25(41-16-31-24)34(13-18-4-6-19(39-3)7-5-18)42(37,38)20-8-9-22(21(28)12-20)32-23(35)14-33-11-10-30-27(33)29/h4-9,12,16-17H,10-11,13-15H2,1-3H3,(H2,29,30)(H,32,35). The van der Waals surface area contributed by atoms with E-state index in [0.717, 1.165) is 27.8 Å². The van der Waals surface area contributed by atoms with Crippen molar-refractivity contribution in [3.05, 3.63) is 65.0 Å². The van der Waals surface area contributed by atoms with Crippen molar-refractivity contribution in [2.24, 2.45) is 16.6 Å². The van der Waals surface area contributed by atoms with Gasteiger partial charge in [0.05, 0.1) is 42.9 Å². The molecule has 2 heterocycles. The molecule has 0 fully saturated rings. The van der Waals surface area contributed by atoms with Gasteiger partial charge in [0.2, 0.25) is 5.91 Å². The fourth-order valence-corrected chi connectivity index (χ4v) is 6.42. The van der Waals surface area contributed by atoms with Gasteiger partial charge in [0, 0.05) is 6.54 Å². The Kier molecular flexibility index (Phi) is 9.63. The molecule has 224 valence electrons. The molecule has 3 aromatic rings. The third-order valence-corrected chi connectivity index (χ3v) is 8.81. The second-order valence-corrected chi connectivity index (χ2v) is 12.4. The molecule has 0 spiro atoms. The Morgan fingerprint density at radius 2 is 1.95 bits per heavy atom. The predicted molar refractivity (Wildman–Crippen MR) is 157 cm³/mol. The summed E-state index contributed by atoms with van der Waals surface area (Å²) < 4.78 is 54.6. The largest absolute Gasteiger partial charge is 0.497 e. The highest BCUT2D eigenvalue weighted by atomic mass is 32.2. The van der Waals surface area contributed by atoms with E-state index in [0.29, 0.717) is 24.4 Å². The van der Waals surface area contributed by atoms with Crippen molar-refractivity contribution in [3.63, 3.8) is 0 Å². The van der Waals surface area contributed by atoms with Gasteiger partial charge in [-0.2, -0.15) is 0 Å². The molecule has 0 saturated carbocycles. The number of carbonyl (C=O) groups is 2. The molecular formula is C27H31FN6O6S2. The number of hydrogen-bond acceptors (Lipinski definition) is 11. The number of anilines is 2. The monoisotopic (exact) mass is 618 g/mol. The number of benzene rings is 2. The van der Waals surface area contributed by atoms with Crippen LogP contribution in [0.2, 0.25) is 0 Å². The van der Waals surface area contributed by atoms with Crippen molar-refractivity contribution in [2.75, 3.05) is 43.0 Å². The fraction of sp³-hybridized carbons (Fsp3) is 0.333. The Morgan fingerprint density at radius 1 is 1.21 bits per heavy atom. The molecule has 0 bridgehead atoms. The van der Waals surface area contributed by atoms with Crippen LogP contribution in [-0.4, -0.2) is 69.5 Å². The minimum atomic E-state index is -4.45. The van der Waals surface area contributed by atoms with Crippen molar-refractivity contribution in [1.29, 1.82) is 0 Å². The fourth-order valence-electron chi connectivity index (χ4n) is 3.94. The number of rotatable bonds is 12. The van der Waals surface area contributed by atoms with Crippen LogP contribution in [0.15, 0.2) is 57.9 Å². The molecule has 0 unspecified atom stereocenters. The van der Waals surface area contributed by atoms with E-state index >= 15 is 4.39 Å². The van der Waals surface area contributed by atoms with Crippen LogP contribution in [-0.2, 0) is 26.1 Å². The number of hydrogen-bond donors (Lipinski definition) is 2. The Labute approximate surface area is 247 Å². The molecule has 2 aromatic carbocycles. The Morgan fingerprint density at radius 3 is 2.57 bits per heavy atom. The van der Waals surface area contributed by atoms with Gasteiger partial charge in [0.25, 0.3) is 10.0 Å². The van der Waals surface area contributed by atoms with Gasteiger partial charge in [-0.25, -0.2) is 22.6 Å². The van der Waals surface area contributed by atoms with Gasteiger partial charge in [-0.1, -0.05) is 26.0 Å². The quantitative estimate of drug-likeness (QED) is 0.291. The van der Waals surface area contributed by atoms with Crippen molar-refractivity contribution < 1.29 is 31.9 Å². The summed E-state index contributed by atoms with van der Waals surface area (Å²) in [4.78, 5) is 34.5. The summed E-state index contributed by atoms with van der Waals surface area (Å²) in [5, 5.41) is 2.45. The molecule has 1 aliphatic rings. The number of sulfonamides is 1. The number of guanidine groups is 1. The Balaban J connectivity index is 1.64. The van der Waals surface area contributed by atoms with Crippen LogP contribution in [0.25, 0.3) is 0 Å². The normalized spacial score (nSPS) is 13.2. The Hall–Kier alpha value is -4.24. The topological polar surface area (TPSA) is 157 Å². The molecule has 3 N–H and O–H groups in total. The van der Waals surface area contributed by atoms with E-state index < -0.39 is 32.6 Å². The van der Waals surface area contributed by atoms with Crippen LogP contribution in [0.3, 0.4) is 0 Å². The zero-order valence-corrected chi connectivity index (χ0v) is 24.9. The number of aromatic nitrogens is 1. The third kappa shape index (κ3) is 7.15. The average Bonchev–Trinajstić information content (AvgIpc) is 3.60. The predicted octanol–water partition coefficient (Wildman–Crippen LogP) is 3.07. The van der Waals surface area contributed by atoms with Crippen molar-refractivity contribution >= 4 is 49.9 Å². The second-order valence-electron chi connectivity index (χ2n) is 9.71.